The molecule has 1 aliphatic rings. The molecule has 0 aliphatic heterocycles. The molecule has 1 saturated carbocycles. The second kappa shape index (κ2) is 3.42. The Morgan fingerprint density at radius 3 is 3.15 bits per heavy atom. The molecule has 0 aromatic carbocycles. The van der Waals surface area contributed by atoms with Gasteiger partial charge in [-0.3, -0.25) is 5.10 Å². The largest absolute Gasteiger partial charge is 0.335 e. The van der Waals surface area contributed by atoms with Crippen LogP contribution in [0.1, 0.15) is 18.7 Å². The van der Waals surface area contributed by atoms with Crippen LogP contribution in [0.4, 0.5) is 4.79 Å². The van der Waals surface area contributed by atoms with Crippen LogP contribution in [0.5, 0.6) is 0 Å². The minimum atomic E-state index is -0.140. The van der Waals surface area contributed by atoms with Crippen LogP contribution < -0.4 is 10.6 Å². The highest BCUT2D eigenvalue weighted by Gasteiger charge is 2.22. The number of carbonyl (C=O) groups is 1. The molecule has 0 unspecified atom stereocenters. The van der Waals surface area contributed by atoms with Crippen LogP contribution in [0.2, 0.25) is 0 Å². The Hall–Kier alpha value is -1.59. The molecule has 13 heavy (non-hydrogen) atoms. The van der Waals surface area contributed by atoms with E-state index in [2.05, 4.69) is 25.8 Å². The summed E-state index contributed by atoms with van der Waals surface area (Å²) in [6.07, 6.45) is 3.60. The molecule has 3 N–H and O–H groups in total. The number of H-pyrrole nitrogens is 1. The van der Waals surface area contributed by atoms with Gasteiger partial charge >= 0.3 is 6.03 Å². The van der Waals surface area contributed by atoms with Gasteiger partial charge in [0.05, 0.1) is 6.54 Å². The third kappa shape index (κ3) is 2.43. The number of carbonyl (C=O) groups excluding carboxylic acids is 1. The average molecular weight is 181 g/mol. The molecule has 1 aliphatic carbocycles. The second-order valence-corrected chi connectivity index (χ2v) is 3.03. The van der Waals surface area contributed by atoms with Gasteiger partial charge in [0.1, 0.15) is 12.2 Å². The average Bonchev–Trinajstić information content (AvgIpc) is 2.78. The van der Waals surface area contributed by atoms with Crippen LogP contribution in [0.25, 0.3) is 0 Å². The van der Waals surface area contributed by atoms with E-state index in [0.717, 1.165) is 12.8 Å². The lowest BCUT2D eigenvalue weighted by Crippen LogP contribution is -2.36. The minimum Gasteiger partial charge on any atom is -0.335 e. The molecule has 2 rings (SSSR count). The fourth-order valence-corrected chi connectivity index (χ4v) is 0.944. The van der Waals surface area contributed by atoms with Crippen molar-refractivity contribution in [3.05, 3.63) is 12.2 Å². The first kappa shape index (κ1) is 8.03. The maximum Gasteiger partial charge on any atom is 0.315 e. The monoisotopic (exact) mass is 181 g/mol. The summed E-state index contributed by atoms with van der Waals surface area (Å²) in [6, 6.07) is 0.244. The molecule has 6 nitrogen and oxygen atoms in total. The summed E-state index contributed by atoms with van der Waals surface area (Å²) in [6.45, 7) is 0.387. The van der Waals surface area contributed by atoms with Gasteiger partial charge in [-0.25, -0.2) is 9.78 Å². The predicted molar refractivity (Wildman–Crippen MR) is 44.8 cm³/mol. The van der Waals surface area contributed by atoms with Gasteiger partial charge in [0.15, 0.2) is 0 Å². The molecule has 0 saturated heterocycles. The minimum absolute atomic E-state index is 0.140. The van der Waals surface area contributed by atoms with Crippen LogP contribution >= 0.6 is 0 Å². The summed E-state index contributed by atoms with van der Waals surface area (Å²) in [4.78, 5) is 15.0. The van der Waals surface area contributed by atoms with Crippen molar-refractivity contribution < 1.29 is 4.79 Å². The van der Waals surface area contributed by atoms with Crippen LogP contribution in [0, 0.1) is 0 Å². The fourth-order valence-electron chi connectivity index (χ4n) is 0.944. The standard InChI is InChI=1S/C7H11N5O/c13-7(11-5-1-2-5)8-3-6-9-4-10-12-6/h4-5H,1-3H2,(H2,8,11,13)(H,9,10,12). The molecule has 1 aromatic rings. The van der Waals surface area contributed by atoms with Crippen molar-refractivity contribution in [2.24, 2.45) is 0 Å². The molecule has 0 bridgehead atoms. The maximum atomic E-state index is 11.1. The topological polar surface area (TPSA) is 82.7 Å². The Balaban J connectivity index is 1.69. The summed E-state index contributed by atoms with van der Waals surface area (Å²) in [5.41, 5.74) is 0. The molecule has 0 atom stereocenters. The molecule has 70 valence electrons. The van der Waals surface area contributed by atoms with Crippen LogP contribution in [-0.4, -0.2) is 27.3 Å². The van der Waals surface area contributed by atoms with Gasteiger partial charge < -0.3 is 10.6 Å². The summed E-state index contributed by atoms with van der Waals surface area (Å²) in [7, 11) is 0. The predicted octanol–water partition coefficient (Wildman–Crippen LogP) is -0.234. The van der Waals surface area contributed by atoms with Crippen molar-refractivity contribution in [1.29, 1.82) is 0 Å². The number of hydrogen-bond acceptors (Lipinski definition) is 3. The summed E-state index contributed by atoms with van der Waals surface area (Å²) < 4.78 is 0. The van der Waals surface area contributed by atoms with E-state index in [-0.39, 0.29) is 6.03 Å². The highest BCUT2D eigenvalue weighted by molar-refractivity contribution is 5.74. The van der Waals surface area contributed by atoms with Gasteiger partial charge in [-0.1, -0.05) is 0 Å². The van der Waals surface area contributed by atoms with Crippen molar-refractivity contribution in [1.82, 2.24) is 25.8 Å². The number of urea groups is 1. The molecule has 2 amide bonds. The van der Waals surface area contributed by atoms with Gasteiger partial charge in [-0.15, -0.1) is 0 Å². The quantitative estimate of drug-likeness (QED) is 0.602. The Kier molecular flexibility index (Phi) is 2.11. The van der Waals surface area contributed by atoms with E-state index in [1.165, 1.54) is 6.33 Å². The smallest absolute Gasteiger partial charge is 0.315 e. The number of rotatable bonds is 3. The van der Waals surface area contributed by atoms with Crippen molar-refractivity contribution in [3.63, 3.8) is 0 Å². The van der Waals surface area contributed by atoms with Crippen LogP contribution in [0.15, 0.2) is 6.33 Å². The first-order valence-corrected chi connectivity index (χ1v) is 4.23. The van der Waals surface area contributed by atoms with Gasteiger partial charge in [-0.05, 0) is 12.8 Å². The summed E-state index contributed by atoms with van der Waals surface area (Å²) in [5, 5.41) is 11.8. The van der Waals surface area contributed by atoms with E-state index < -0.39 is 0 Å². The SMILES string of the molecule is O=C(NCc1ncn[nH]1)NC1CC1. The highest BCUT2D eigenvalue weighted by Crippen LogP contribution is 2.18. The number of aromatic nitrogens is 3. The lowest BCUT2D eigenvalue weighted by Gasteiger charge is -2.03. The summed E-state index contributed by atoms with van der Waals surface area (Å²) >= 11 is 0. The molecule has 1 aromatic heterocycles. The van der Waals surface area contributed by atoms with Crippen molar-refractivity contribution in [2.45, 2.75) is 25.4 Å². The summed E-state index contributed by atoms with van der Waals surface area (Å²) in [5.74, 6) is 0.658. The van der Waals surface area contributed by atoms with E-state index in [1.54, 1.807) is 0 Å². The van der Waals surface area contributed by atoms with E-state index >= 15 is 0 Å². The molecule has 0 radical (unpaired) electrons. The van der Waals surface area contributed by atoms with E-state index in [0.29, 0.717) is 18.4 Å². The fraction of sp³-hybridized carbons (Fsp3) is 0.571. The molecular formula is C7H11N5O. The first-order valence-electron chi connectivity index (χ1n) is 4.23. The van der Waals surface area contributed by atoms with Crippen LogP contribution in [-0.2, 0) is 6.54 Å². The Morgan fingerprint density at radius 1 is 1.69 bits per heavy atom. The van der Waals surface area contributed by atoms with Crippen molar-refractivity contribution >= 4 is 6.03 Å². The number of amides is 2. The lowest BCUT2D eigenvalue weighted by atomic mass is 10.6. The Morgan fingerprint density at radius 2 is 2.54 bits per heavy atom. The molecule has 1 fully saturated rings. The lowest BCUT2D eigenvalue weighted by molar-refractivity contribution is 0.240. The van der Waals surface area contributed by atoms with Crippen molar-refractivity contribution in [2.75, 3.05) is 0 Å². The molecule has 1 heterocycles. The van der Waals surface area contributed by atoms with E-state index in [9.17, 15) is 4.79 Å². The third-order valence-corrected chi connectivity index (χ3v) is 1.79. The number of aromatic amines is 1. The molecule has 6 heteroatoms. The number of nitrogens with one attached hydrogen (secondary N) is 3. The third-order valence-electron chi connectivity index (χ3n) is 1.79. The number of hydrogen-bond donors (Lipinski definition) is 3. The zero-order valence-electron chi connectivity index (χ0n) is 7.08. The van der Waals surface area contributed by atoms with Crippen molar-refractivity contribution in [3.8, 4) is 0 Å². The van der Waals surface area contributed by atoms with Gasteiger partial charge in [0, 0.05) is 6.04 Å². The van der Waals surface area contributed by atoms with E-state index in [4.69, 9.17) is 0 Å². The van der Waals surface area contributed by atoms with Gasteiger partial charge in [0.25, 0.3) is 0 Å². The maximum absolute atomic E-state index is 11.1. The first-order chi connectivity index (χ1) is 6.34. The normalized spacial score (nSPS) is 15.4. The van der Waals surface area contributed by atoms with Gasteiger partial charge in [-0.2, -0.15) is 5.10 Å². The Bertz CT molecular complexity index is 279. The number of nitrogens with zero attached hydrogens (tertiary/aromatic N) is 2. The zero-order valence-corrected chi connectivity index (χ0v) is 7.08. The molecule has 0 spiro atoms. The zero-order chi connectivity index (χ0) is 9.10. The van der Waals surface area contributed by atoms with E-state index in [1.807, 2.05) is 0 Å². The highest BCUT2D eigenvalue weighted by atomic mass is 16.2. The van der Waals surface area contributed by atoms with Crippen LogP contribution in [0.3, 0.4) is 0 Å². The Labute approximate surface area is 75.1 Å². The second-order valence-electron chi connectivity index (χ2n) is 3.03. The molecular weight excluding hydrogens is 170 g/mol. The van der Waals surface area contributed by atoms with Gasteiger partial charge in [0.2, 0.25) is 0 Å².